The number of hydrogen-bond donors (Lipinski definition) is 3. The van der Waals surface area contributed by atoms with Crippen LogP contribution in [0.25, 0.3) is 22.2 Å². The number of nitrogens with one attached hydrogen (secondary N) is 2. The first-order valence-electron chi connectivity index (χ1n) is 6.58. The predicted molar refractivity (Wildman–Crippen MR) is 85.2 cm³/mol. The van der Waals surface area contributed by atoms with Crippen molar-refractivity contribution in [3.63, 3.8) is 0 Å². The molecule has 0 fully saturated rings. The Bertz CT molecular complexity index is 812. The summed E-state index contributed by atoms with van der Waals surface area (Å²) >= 11 is 0. The van der Waals surface area contributed by atoms with Gasteiger partial charge in [0.25, 0.3) is 0 Å². The number of guanidine groups is 1. The van der Waals surface area contributed by atoms with Gasteiger partial charge < -0.3 is 5.73 Å². The van der Waals surface area contributed by atoms with E-state index < -0.39 is 0 Å². The van der Waals surface area contributed by atoms with E-state index in [0.717, 1.165) is 27.7 Å². The van der Waals surface area contributed by atoms with E-state index in [2.05, 4.69) is 21.4 Å². The summed E-state index contributed by atoms with van der Waals surface area (Å²) in [5.74, 6) is 0.151. The molecule has 0 saturated heterocycles. The summed E-state index contributed by atoms with van der Waals surface area (Å²) in [6.07, 6.45) is 0. The molecule has 0 radical (unpaired) electrons. The second-order valence-corrected chi connectivity index (χ2v) is 4.82. The molecule has 104 valence electrons. The Labute approximate surface area is 122 Å². The van der Waals surface area contributed by atoms with Gasteiger partial charge in [0, 0.05) is 10.9 Å². The predicted octanol–water partition coefficient (Wildman–Crippen LogP) is 2.91. The zero-order chi connectivity index (χ0) is 14.8. The van der Waals surface area contributed by atoms with Gasteiger partial charge >= 0.3 is 0 Å². The van der Waals surface area contributed by atoms with Crippen LogP contribution in [-0.2, 0) is 0 Å². The van der Waals surface area contributed by atoms with Crippen molar-refractivity contribution in [3.8, 4) is 11.3 Å². The van der Waals surface area contributed by atoms with Crippen LogP contribution < -0.4 is 11.1 Å². The van der Waals surface area contributed by atoms with E-state index in [-0.39, 0.29) is 5.96 Å². The summed E-state index contributed by atoms with van der Waals surface area (Å²) in [5.41, 5.74) is 9.17. The fourth-order valence-corrected chi connectivity index (χ4v) is 2.23. The van der Waals surface area contributed by atoms with Crippen LogP contribution in [0, 0.1) is 12.3 Å². The Balaban J connectivity index is 2.28. The van der Waals surface area contributed by atoms with Crippen molar-refractivity contribution in [2.24, 2.45) is 5.73 Å². The third kappa shape index (κ3) is 2.67. The highest BCUT2D eigenvalue weighted by molar-refractivity contribution is 5.95. The van der Waals surface area contributed by atoms with Crippen molar-refractivity contribution < 1.29 is 0 Å². The Morgan fingerprint density at radius 2 is 1.86 bits per heavy atom. The van der Waals surface area contributed by atoms with Crippen molar-refractivity contribution in [3.05, 3.63) is 54.1 Å². The fourth-order valence-electron chi connectivity index (χ4n) is 2.23. The SMILES string of the molecule is Cc1ccc2nc(NC(=N)N)nc(-c3ccccc3)c2c1. The molecule has 3 rings (SSSR count). The minimum Gasteiger partial charge on any atom is -0.370 e. The molecule has 21 heavy (non-hydrogen) atoms. The van der Waals surface area contributed by atoms with Gasteiger partial charge in [-0.15, -0.1) is 0 Å². The van der Waals surface area contributed by atoms with Crippen LogP contribution in [0.15, 0.2) is 48.5 Å². The average Bonchev–Trinajstić information content (AvgIpc) is 2.47. The van der Waals surface area contributed by atoms with Crippen molar-refractivity contribution >= 4 is 22.8 Å². The Hall–Kier alpha value is -2.95. The van der Waals surface area contributed by atoms with Gasteiger partial charge in [-0.05, 0) is 19.1 Å². The van der Waals surface area contributed by atoms with E-state index in [0.29, 0.717) is 5.95 Å². The lowest BCUT2D eigenvalue weighted by Gasteiger charge is -2.10. The van der Waals surface area contributed by atoms with Crippen molar-refractivity contribution in [2.45, 2.75) is 6.92 Å². The van der Waals surface area contributed by atoms with E-state index in [1.54, 1.807) is 0 Å². The number of aryl methyl sites for hydroxylation is 1. The fraction of sp³-hybridized carbons (Fsp3) is 0.0625. The lowest BCUT2D eigenvalue weighted by molar-refractivity contribution is 1.21. The summed E-state index contributed by atoms with van der Waals surface area (Å²) in [5, 5.41) is 11.0. The maximum Gasteiger partial charge on any atom is 0.230 e. The largest absolute Gasteiger partial charge is 0.370 e. The number of benzene rings is 2. The first-order chi connectivity index (χ1) is 10.1. The summed E-state index contributed by atoms with van der Waals surface area (Å²) in [4.78, 5) is 8.91. The second kappa shape index (κ2) is 5.20. The molecule has 0 amide bonds. The second-order valence-electron chi connectivity index (χ2n) is 4.82. The third-order valence-electron chi connectivity index (χ3n) is 3.14. The van der Waals surface area contributed by atoms with E-state index in [1.165, 1.54) is 0 Å². The van der Waals surface area contributed by atoms with Crippen LogP contribution in [0.1, 0.15) is 5.56 Å². The molecular formula is C16H15N5. The highest BCUT2D eigenvalue weighted by atomic mass is 15.2. The highest BCUT2D eigenvalue weighted by Gasteiger charge is 2.10. The molecule has 0 aliphatic heterocycles. The van der Waals surface area contributed by atoms with E-state index in [9.17, 15) is 0 Å². The van der Waals surface area contributed by atoms with E-state index in [1.807, 2.05) is 49.4 Å². The molecule has 1 aromatic heterocycles. The highest BCUT2D eigenvalue weighted by Crippen LogP contribution is 2.27. The molecule has 3 aromatic rings. The first kappa shape index (κ1) is 13.1. The molecule has 0 aliphatic carbocycles. The van der Waals surface area contributed by atoms with Crippen LogP contribution in [0.4, 0.5) is 5.95 Å². The molecular weight excluding hydrogens is 262 g/mol. The van der Waals surface area contributed by atoms with Crippen LogP contribution in [-0.4, -0.2) is 15.9 Å². The lowest BCUT2D eigenvalue weighted by Crippen LogP contribution is -2.22. The summed E-state index contributed by atoms with van der Waals surface area (Å²) in [7, 11) is 0. The van der Waals surface area contributed by atoms with Gasteiger partial charge in [0.05, 0.1) is 11.2 Å². The van der Waals surface area contributed by atoms with Gasteiger partial charge in [-0.2, -0.15) is 0 Å². The molecule has 0 atom stereocenters. The van der Waals surface area contributed by atoms with Crippen LogP contribution in [0.5, 0.6) is 0 Å². The summed E-state index contributed by atoms with van der Waals surface area (Å²) in [6, 6.07) is 15.9. The number of nitrogens with zero attached hydrogens (tertiary/aromatic N) is 2. The molecule has 1 heterocycles. The zero-order valence-corrected chi connectivity index (χ0v) is 11.6. The maximum atomic E-state index is 7.34. The zero-order valence-electron chi connectivity index (χ0n) is 11.6. The monoisotopic (exact) mass is 277 g/mol. The minimum atomic E-state index is -0.180. The standard InChI is InChI=1S/C16H15N5/c1-10-7-8-13-12(9-10)14(11-5-3-2-4-6-11)20-16(19-13)21-15(17)18/h2-9H,1H3,(H4,17,18,19,20,21). The first-order valence-corrected chi connectivity index (χ1v) is 6.58. The van der Waals surface area contributed by atoms with Gasteiger partial charge in [-0.25, -0.2) is 9.97 Å². The third-order valence-corrected chi connectivity index (χ3v) is 3.14. The van der Waals surface area contributed by atoms with Crippen LogP contribution in [0.3, 0.4) is 0 Å². The number of fused-ring (bicyclic) bond motifs is 1. The van der Waals surface area contributed by atoms with Crippen molar-refractivity contribution in [1.82, 2.24) is 9.97 Å². The van der Waals surface area contributed by atoms with Gasteiger partial charge in [0.2, 0.25) is 5.95 Å². The topological polar surface area (TPSA) is 87.7 Å². The number of aromatic nitrogens is 2. The van der Waals surface area contributed by atoms with Gasteiger partial charge in [0.15, 0.2) is 5.96 Å². The molecule has 4 N–H and O–H groups in total. The maximum absolute atomic E-state index is 7.34. The summed E-state index contributed by atoms with van der Waals surface area (Å²) in [6.45, 7) is 2.04. The number of anilines is 1. The van der Waals surface area contributed by atoms with Gasteiger partial charge in [-0.1, -0.05) is 42.0 Å². The molecule has 5 nitrogen and oxygen atoms in total. The molecule has 0 aliphatic rings. The molecule has 5 heteroatoms. The van der Waals surface area contributed by atoms with Gasteiger partial charge in [-0.3, -0.25) is 10.7 Å². The Morgan fingerprint density at radius 3 is 2.57 bits per heavy atom. The van der Waals surface area contributed by atoms with E-state index >= 15 is 0 Å². The minimum absolute atomic E-state index is 0.180. The summed E-state index contributed by atoms with van der Waals surface area (Å²) < 4.78 is 0. The lowest BCUT2D eigenvalue weighted by atomic mass is 10.0. The molecule has 2 aromatic carbocycles. The molecule has 0 saturated carbocycles. The Kier molecular flexibility index (Phi) is 3.23. The number of nitrogens with two attached hydrogens (primary N) is 1. The molecule has 0 bridgehead atoms. The number of rotatable bonds is 2. The molecule has 0 unspecified atom stereocenters. The normalized spacial score (nSPS) is 10.5. The average molecular weight is 277 g/mol. The van der Waals surface area contributed by atoms with E-state index in [4.69, 9.17) is 11.1 Å². The Morgan fingerprint density at radius 1 is 1.10 bits per heavy atom. The van der Waals surface area contributed by atoms with Crippen LogP contribution >= 0.6 is 0 Å². The van der Waals surface area contributed by atoms with Crippen molar-refractivity contribution in [1.29, 1.82) is 5.41 Å². The quantitative estimate of drug-likeness (QED) is 0.496. The smallest absolute Gasteiger partial charge is 0.230 e. The number of hydrogen-bond acceptors (Lipinski definition) is 3. The van der Waals surface area contributed by atoms with Crippen LogP contribution in [0.2, 0.25) is 0 Å². The van der Waals surface area contributed by atoms with Crippen molar-refractivity contribution in [2.75, 3.05) is 5.32 Å². The molecule has 0 spiro atoms. The van der Waals surface area contributed by atoms with Gasteiger partial charge in [0.1, 0.15) is 0 Å².